The second kappa shape index (κ2) is 9.25. The monoisotopic (exact) mass is 321 g/mol. The summed E-state index contributed by atoms with van der Waals surface area (Å²) in [5.41, 5.74) is 0. The summed E-state index contributed by atoms with van der Waals surface area (Å²) in [6.07, 6.45) is 1.40. The summed E-state index contributed by atoms with van der Waals surface area (Å²) in [6, 6.07) is 7.60. The Labute approximate surface area is 138 Å². The molecular weight excluding hydrogens is 294 g/mol. The first-order valence-electron chi connectivity index (χ1n) is 8.21. The van der Waals surface area contributed by atoms with Crippen molar-refractivity contribution in [1.29, 1.82) is 0 Å². The minimum atomic E-state index is -0.241. The number of β-amino-alcohol motifs (C(OH)–C–C–N with tert-alkyl or cyclic N) is 1. The minimum Gasteiger partial charge on any atom is -0.497 e. The van der Waals surface area contributed by atoms with E-state index < -0.39 is 0 Å². The number of rotatable bonds is 7. The number of aliphatic hydroxyl groups excluding tert-OH is 1. The van der Waals surface area contributed by atoms with Gasteiger partial charge >= 0.3 is 0 Å². The van der Waals surface area contributed by atoms with Crippen molar-refractivity contribution < 1.29 is 14.6 Å². The van der Waals surface area contributed by atoms with Gasteiger partial charge in [0.1, 0.15) is 11.5 Å². The second-order valence-corrected chi connectivity index (χ2v) is 5.51. The Balaban J connectivity index is 1.75. The molecule has 0 radical (unpaired) electrons. The number of aliphatic hydroxyl groups is 1. The molecule has 128 valence electrons. The van der Waals surface area contributed by atoms with Gasteiger partial charge in [-0.1, -0.05) is 6.07 Å². The van der Waals surface area contributed by atoms with E-state index >= 15 is 0 Å². The minimum absolute atomic E-state index is 0.241. The number of hydrogen-bond donors (Lipinski definition) is 2. The lowest BCUT2D eigenvalue weighted by molar-refractivity contribution is 0.187. The van der Waals surface area contributed by atoms with Gasteiger partial charge in [-0.3, -0.25) is 4.99 Å². The molecule has 0 bridgehead atoms. The molecule has 1 fully saturated rings. The van der Waals surface area contributed by atoms with Gasteiger partial charge in [0, 0.05) is 38.7 Å². The van der Waals surface area contributed by atoms with E-state index in [1.54, 1.807) is 7.11 Å². The number of likely N-dealkylation sites (tertiary alicyclic amines) is 1. The molecule has 1 aliphatic rings. The van der Waals surface area contributed by atoms with Gasteiger partial charge in [-0.25, -0.2) is 0 Å². The molecule has 0 aromatic heterocycles. The Hall–Kier alpha value is -1.95. The quantitative estimate of drug-likeness (QED) is 0.452. The van der Waals surface area contributed by atoms with E-state index in [-0.39, 0.29) is 6.10 Å². The van der Waals surface area contributed by atoms with Crippen molar-refractivity contribution in [2.24, 2.45) is 4.99 Å². The molecule has 1 saturated heterocycles. The molecular formula is C17H27N3O3. The van der Waals surface area contributed by atoms with E-state index in [2.05, 4.69) is 15.2 Å². The van der Waals surface area contributed by atoms with Crippen LogP contribution in [0.25, 0.3) is 0 Å². The van der Waals surface area contributed by atoms with Gasteiger partial charge in [0.2, 0.25) is 0 Å². The molecule has 0 amide bonds. The summed E-state index contributed by atoms with van der Waals surface area (Å²) in [6.45, 7) is 5.69. The first-order valence-corrected chi connectivity index (χ1v) is 8.21. The number of hydrogen-bond acceptors (Lipinski definition) is 4. The van der Waals surface area contributed by atoms with Crippen LogP contribution in [0.1, 0.15) is 19.8 Å². The smallest absolute Gasteiger partial charge is 0.194 e. The molecule has 0 aliphatic carbocycles. The molecule has 2 rings (SSSR count). The van der Waals surface area contributed by atoms with Crippen LogP contribution < -0.4 is 14.8 Å². The van der Waals surface area contributed by atoms with E-state index in [1.807, 2.05) is 31.2 Å². The molecule has 1 aromatic carbocycles. The third-order valence-electron chi connectivity index (χ3n) is 3.67. The van der Waals surface area contributed by atoms with E-state index in [0.717, 1.165) is 43.4 Å². The average molecular weight is 321 g/mol. The van der Waals surface area contributed by atoms with Crippen LogP contribution in [0.3, 0.4) is 0 Å². The molecule has 6 heteroatoms. The van der Waals surface area contributed by atoms with Gasteiger partial charge < -0.3 is 24.8 Å². The van der Waals surface area contributed by atoms with Crippen molar-refractivity contribution >= 4 is 5.96 Å². The van der Waals surface area contributed by atoms with Gasteiger partial charge in [-0.05, 0) is 25.5 Å². The molecule has 0 unspecified atom stereocenters. The molecule has 1 aliphatic heterocycles. The lowest BCUT2D eigenvalue weighted by atomic mass is 10.3. The lowest BCUT2D eigenvalue weighted by Gasteiger charge is -2.20. The first kappa shape index (κ1) is 17.4. The molecule has 6 nitrogen and oxygen atoms in total. The van der Waals surface area contributed by atoms with Crippen LogP contribution in [0, 0.1) is 0 Å². The summed E-state index contributed by atoms with van der Waals surface area (Å²) < 4.78 is 10.9. The van der Waals surface area contributed by atoms with E-state index in [1.165, 1.54) is 0 Å². The molecule has 1 atom stereocenters. The van der Waals surface area contributed by atoms with Crippen molar-refractivity contribution in [3.8, 4) is 11.5 Å². The summed E-state index contributed by atoms with van der Waals surface area (Å²) >= 11 is 0. The summed E-state index contributed by atoms with van der Waals surface area (Å²) in [5.74, 6) is 2.48. The predicted molar refractivity (Wildman–Crippen MR) is 91.3 cm³/mol. The molecule has 1 heterocycles. The van der Waals surface area contributed by atoms with Gasteiger partial charge in [-0.15, -0.1) is 0 Å². The Bertz CT molecular complexity index is 508. The highest BCUT2D eigenvalue weighted by Crippen LogP contribution is 2.18. The van der Waals surface area contributed by atoms with Crippen molar-refractivity contribution in [3.63, 3.8) is 0 Å². The Morgan fingerprint density at radius 3 is 2.96 bits per heavy atom. The van der Waals surface area contributed by atoms with E-state index in [9.17, 15) is 5.11 Å². The zero-order chi connectivity index (χ0) is 16.5. The second-order valence-electron chi connectivity index (χ2n) is 5.51. The highest BCUT2D eigenvalue weighted by molar-refractivity contribution is 5.80. The van der Waals surface area contributed by atoms with Crippen LogP contribution in [0.5, 0.6) is 11.5 Å². The molecule has 0 saturated carbocycles. The standard InChI is InChI=1S/C17H27N3O3/c1-3-18-17(20-10-8-14(21)13-20)19-9-5-11-23-16-7-4-6-15(12-16)22-2/h4,6-7,12,14,21H,3,5,8-11,13H2,1-2H3,(H,18,19)/t14-/m1/s1. The molecule has 23 heavy (non-hydrogen) atoms. The maximum absolute atomic E-state index is 9.64. The Kier molecular flexibility index (Phi) is 7.00. The van der Waals surface area contributed by atoms with Gasteiger partial charge in [0.05, 0.1) is 19.8 Å². The van der Waals surface area contributed by atoms with Gasteiger partial charge in [0.25, 0.3) is 0 Å². The molecule has 1 aromatic rings. The number of methoxy groups -OCH3 is 1. The SMILES string of the molecule is CCNC(=NCCCOc1cccc(OC)c1)N1CC[C@@H](O)C1. The van der Waals surface area contributed by atoms with Crippen LogP contribution >= 0.6 is 0 Å². The zero-order valence-corrected chi connectivity index (χ0v) is 14.0. The predicted octanol–water partition coefficient (Wildman–Crippen LogP) is 1.50. The number of nitrogens with zero attached hydrogens (tertiary/aromatic N) is 2. The summed E-state index contributed by atoms with van der Waals surface area (Å²) in [4.78, 5) is 6.72. The number of guanidine groups is 1. The lowest BCUT2D eigenvalue weighted by Crippen LogP contribution is -2.40. The fraction of sp³-hybridized carbons (Fsp3) is 0.588. The maximum atomic E-state index is 9.64. The van der Waals surface area contributed by atoms with Crippen molar-refractivity contribution in [3.05, 3.63) is 24.3 Å². The third kappa shape index (κ3) is 5.63. The van der Waals surface area contributed by atoms with E-state index in [4.69, 9.17) is 9.47 Å². The van der Waals surface area contributed by atoms with Crippen molar-refractivity contribution in [1.82, 2.24) is 10.2 Å². The molecule has 0 spiro atoms. The van der Waals surface area contributed by atoms with Crippen LogP contribution in [-0.4, -0.2) is 62.0 Å². The number of nitrogens with one attached hydrogen (secondary N) is 1. The van der Waals surface area contributed by atoms with Crippen molar-refractivity contribution in [2.45, 2.75) is 25.9 Å². The number of ether oxygens (including phenoxy) is 2. The van der Waals surface area contributed by atoms with Crippen LogP contribution in [0.2, 0.25) is 0 Å². The largest absolute Gasteiger partial charge is 0.497 e. The average Bonchev–Trinajstić information content (AvgIpc) is 3.00. The highest BCUT2D eigenvalue weighted by Gasteiger charge is 2.22. The van der Waals surface area contributed by atoms with Crippen LogP contribution in [-0.2, 0) is 0 Å². The van der Waals surface area contributed by atoms with Crippen LogP contribution in [0.4, 0.5) is 0 Å². The summed E-state index contributed by atoms with van der Waals surface area (Å²) in [5, 5.41) is 12.9. The highest BCUT2D eigenvalue weighted by atomic mass is 16.5. The maximum Gasteiger partial charge on any atom is 0.194 e. The topological polar surface area (TPSA) is 66.3 Å². The third-order valence-corrected chi connectivity index (χ3v) is 3.67. The van der Waals surface area contributed by atoms with Gasteiger partial charge in [0.15, 0.2) is 5.96 Å². The molecule has 2 N–H and O–H groups in total. The van der Waals surface area contributed by atoms with E-state index in [0.29, 0.717) is 19.7 Å². The number of aliphatic imine (C=N–C) groups is 1. The first-order chi connectivity index (χ1) is 11.2. The summed E-state index contributed by atoms with van der Waals surface area (Å²) in [7, 11) is 1.64. The zero-order valence-electron chi connectivity index (χ0n) is 14.0. The van der Waals surface area contributed by atoms with Crippen molar-refractivity contribution in [2.75, 3.05) is 39.9 Å². The van der Waals surface area contributed by atoms with Gasteiger partial charge in [-0.2, -0.15) is 0 Å². The normalized spacial score (nSPS) is 18.1. The number of benzene rings is 1. The Morgan fingerprint density at radius 2 is 2.26 bits per heavy atom. The van der Waals surface area contributed by atoms with Crippen LogP contribution in [0.15, 0.2) is 29.3 Å². The fourth-order valence-corrected chi connectivity index (χ4v) is 2.49. The Morgan fingerprint density at radius 1 is 1.43 bits per heavy atom. The fourth-order valence-electron chi connectivity index (χ4n) is 2.49.